The van der Waals surface area contributed by atoms with Gasteiger partial charge in [0.15, 0.2) is 0 Å². The number of hydrogen-bond donors (Lipinski definition) is 1. The topological polar surface area (TPSA) is 104 Å². The van der Waals surface area contributed by atoms with Crippen LogP contribution in [0.3, 0.4) is 0 Å². The van der Waals surface area contributed by atoms with Crippen LogP contribution in [0.15, 0.2) is 41.5 Å². The van der Waals surface area contributed by atoms with Crippen LogP contribution in [0.2, 0.25) is 0 Å². The molecule has 0 aromatic carbocycles. The summed E-state index contributed by atoms with van der Waals surface area (Å²) >= 11 is 0. The fourth-order valence-electron chi connectivity index (χ4n) is 1.48. The lowest BCUT2D eigenvalue weighted by Crippen LogP contribution is -2.19. The molecule has 0 aliphatic heterocycles. The van der Waals surface area contributed by atoms with E-state index >= 15 is 0 Å². The summed E-state index contributed by atoms with van der Waals surface area (Å²) < 4.78 is 1.26. The van der Waals surface area contributed by atoms with Gasteiger partial charge in [0.2, 0.25) is 0 Å². The highest BCUT2D eigenvalue weighted by Gasteiger charge is 2.08. The van der Waals surface area contributed by atoms with Crippen LogP contribution >= 0.6 is 0 Å². The van der Waals surface area contributed by atoms with E-state index in [0.717, 1.165) is 5.56 Å². The van der Waals surface area contributed by atoms with Gasteiger partial charge in [0.05, 0.1) is 17.7 Å². The number of aromatic nitrogens is 2. The molecule has 2 rings (SSSR count). The molecule has 0 radical (unpaired) electrons. The van der Waals surface area contributed by atoms with Gasteiger partial charge in [0.25, 0.3) is 11.2 Å². The molecule has 7 heteroatoms. The van der Waals surface area contributed by atoms with Crippen LogP contribution in [0.4, 0.5) is 11.5 Å². The van der Waals surface area contributed by atoms with Crippen molar-refractivity contribution in [2.75, 3.05) is 5.73 Å². The molecule has 0 bridgehead atoms. The first-order valence-electron chi connectivity index (χ1n) is 5.11. The maximum atomic E-state index is 11.6. The molecule has 2 aromatic rings. The number of rotatable bonds is 3. The van der Waals surface area contributed by atoms with Crippen LogP contribution in [0, 0.1) is 10.1 Å². The van der Waals surface area contributed by atoms with Crippen molar-refractivity contribution in [1.82, 2.24) is 9.55 Å². The molecule has 0 aliphatic rings. The summed E-state index contributed by atoms with van der Waals surface area (Å²) in [5, 5.41) is 10.6. The highest BCUT2D eigenvalue weighted by atomic mass is 16.6. The van der Waals surface area contributed by atoms with Gasteiger partial charge >= 0.3 is 0 Å². The lowest BCUT2D eigenvalue weighted by atomic mass is 10.2. The first-order chi connectivity index (χ1) is 8.56. The highest BCUT2D eigenvalue weighted by Crippen LogP contribution is 2.08. The van der Waals surface area contributed by atoms with Crippen LogP contribution < -0.4 is 11.3 Å². The second-order valence-electron chi connectivity index (χ2n) is 3.70. The number of nitro groups is 1. The predicted octanol–water partition coefficient (Wildman–Crippen LogP) is 0.782. The molecule has 0 aliphatic carbocycles. The summed E-state index contributed by atoms with van der Waals surface area (Å²) in [7, 11) is 0. The van der Waals surface area contributed by atoms with Gasteiger partial charge in [-0.1, -0.05) is 6.07 Å². The van der Waals surface area contributed by atoms with E-state index in [4.69, 9.17) is 5.73 Å². The average molecular weight is 246 g/mol. The van der Waals surface area contributed by atoms with E-state index in [1.807, 2.05) is 0 Å². The standard InChI is InChI=1S/C11H10N4O3/c12-10-3-1-8(5-13-10)6-14-7-9(15(17)18)2-4-11(14)16/h1-5,7H,6H2,(H2,12,13). The van der Waals surface area contributed by atoms with Crippen LogP contribution in [0.25, 0.3) is 0 Å². The second-order valence-corrected chi connectivity index (χ2v) is 3.70. The summed E-state index contributed by atoms with van der Waals surface area (Å²) in [6.45, 7) is 0.216. The Balaban J connectivity index is 2.33. The van der Waals surface area contributed by atoms with Crippen molar-refractivity contribution in [1.29, 1.82) is 0 Å². The second kappa shape index (κ2) is 4.66. The molecule has 0 spiro atoms. The maximum Gasteiger partial charge on any atom is 0.285 e. The lowest BCUT2D eigenvalue weighted by molar-refractivity contribution is -0.385. The number of anilines is 1. The Morgan fingerprint density at radius 1 is 1.33 bits per heavy atom. The van der Waals surface area contributed by atoms with Gasteiger partial charge in [-0.2, -0.15) is 0 Å². The van der Waals surface area contributed by atoms with E-state index in [9.17, 15) is 14.9 Å². The third-order valence-electron chi connectivity index (χ3n) is 2.38. The summed E-state index contributed by atoms with van der Waals surface area (Å²) in [5.41, 5.74) is 5.75. The first kappa shape index (κ1) is 11.8. The van der Waals surface area contributed by atoms with E-state index in [-0.39, 0.29) is 17.8 Å². The molecule has 92 valence electrons. The third-order valence-corrected chi connectivity index (χ3v) is 2.38. The molecule has 2 aromatic heterocycles. The van der Waals surface area contributed by atoms with E-state index < -0.39 is 4.92 Å². The molecular weight excluding hydrogens is 236 g/mol. The molecule has 0 saturated heterocycles. The Labute approximate surface area is 102 Å². The molecule has 7 nitrogen and oxygen atoms in total. The predicted molar refractivity (Wildman–Crippen MR) is 65.1 cm³/mol. The van der Waals surface area contributed by atoms with Gasteiger partial charge in [-0.05, 0) is 11.6 Å². The van der Waals surface area contributed by atoms with Gasteiger partial charge in [0.1, 0.15) is 5.82 Å². The SMILES string of the molecule is Nc1ccc(Cn2cc([N+](=O)[O-])ccc2=O)cn1. The molecule has 0 saturated carbocycles. The minimum atomic E-state index is -0.544. The normalized spacial score (nSPS) is 10.2. The van der Waals surface area contributed by atoms with Crippen molar-refractivity contribution < 1.29 is 4.92 Å². The van der Waals surface area contributed by atoms with Gasteiger partial charge in [0, 0.05) is 18.3 Å². The summed E-state index contributed by atoms with van der Waals surface area (Å²) in [5.74, 6) is 0.380. The molecule has 2 heterocycles. The smallest absolute Gasteiger partial charge is 0.285 e. The monoisotopic (exact) mass is 246 g/mol. The minimum absolute atomic E-state index is 0.127. The number of hydrogen-bond acceptors (Lipinski definition) is 5. The van der Waals surface area contributed by atoms with Crippen LogP contribution in [-0.2, 0) is 6.54 Å². The van der Waals surface area contributed by atoms with Crippen molar-refractivity contribution in [2.24, 2.45) is 0 Å². The zero-order chi connectivity index (χ0) is 13.1. The van der Waals surface area contributed by atoms with Crippen LogP contribution in [0.1, 0.15) is 5.56 Å². The fraction of sp³-hybridized carbons (Fsp3) is 0.0909. The van der Waals surface area contributed by atoms with E-state index in [2.05, 4.69) is 4.98 Å². The largest absolute Gasteiger partial charge is 0.384 e. The number of pyridine rings is 2. The highest BCUT2D eigenvalue weighted by molar-refractivity contribution is 5.30. The van der Waals surface area contributed by atoms with E-state index in [1.165, 1.54) is 29.1 Å². The zero-order valence-corrected chi connectivity index (χ0v) is 9.31. The number of nitrogens with two attached hydrogens (primary N) is 1. The summed E-state index contributed by atoms with van der Waals surface area (Å²) in [6.07, 6.45) is 2.74. The zero-order valence-electron chi connectivity index (χ0n) is 9.31. The summed E-state index contributed by atoms with van der Waals surface area (Å²) in [4.78, 5) is 25.5. The van der Waals surface area contributed by atoms with Gasteiger partial charge < -0.3 is 10.3 Å². The number of nitrogens with zero attached hydrogens (tertiary/aromatic N) is 3. The molecule has 0 fully saturated rings. The molecule has 0 amide bonds. The maximum absolute atomic E-state index is 11.6. The van der Waals surface area contributed by atoms with E-state index in [1.54, 1.807) is 12.1 Å². The van der Waals surface area contributed by atoms with Gasteiger partial charge in [-0.15, -0.1) is 0 Å². The average Bonchev–Trinajstić information content (AvgIpc) is 2.34. The van der Waals surface area contributed by atoms with Crippen molar-refractivity contribution in [2.45, 2.75) is 6.54 Å². The first-order valence-corrected chi connectivity index (χ1v) is 5.11. The minimum Gasteiger partial charge on any atom is -0.384 e. The molecule has 0 unspecified atom stereocenters. The number of nitrogen functional groups attached to an aromatic ring is 1. The Morgan fingerprint density at radius 3 is 2.72 bits per heavy atom. The Morgan fingerprint density at radius 2 is 2.11 bits per heavy atom. The fourth-order valence-corrected chi connectivity index (χ4v) is 1.48. The Kier molecular flexibility index (Phi) is 3.05. The Hall–Kier alpha value is -2.70. The summed E-state index contributed by atoms with van der Waals surface area (Å²) in [6, 6.07) is 5.67. The quantitative estimate of drug-likeness (QED) is 0.636. The van der Waals surface area contributed by atoms with Gasteiger partial charge in [-0.3, -0.25) is 14.9 Å². The van der Waals surface area contributed by atoms with Crippen molar-refractivity contribution in [3.8, 4) is 0 Å². The van der Waals surface area contributed by atoms with Crippen molar-refractivity contribution in [3.63, 3.8) is 0 Å². The molecule has 0 atom stereocenters. The molecular formula is C11H10N4O3. The lowest BCUT2D eigenvalue weighted by Gasteiger charge is -2.05. The van der Waals surface area contributed by atoms with E-state index in [0.29, 0.717) is 5.82 Å². The molecule has 18 heavy (non-hydrogen) atoms. The van der Waals surface area contributed by atoms with Crippen molar-refractivity contribution in [3.05, 3.63) is 62.7 Å². The van der Waals surface area contributed by atoms with Crippen LogP contribution in [-0.4, -0.2) is 14.5 Å². The Bertz CT molecular complexity index is 633. The van der Waals surface area contributed by atoms with Crippen LogP contribution in [0.5, 0.6) is 0 Å². The molecule has 2 N–H and O–H groups in total. The van der Waals surface area contributed by atoms with Gasteiger partial charge in [-0.25, -0.2) is 4.98 Å². The third kappa shape index (κ3) is 2.51. The van der Waals surface area contributed by atoms with Crippen molar-refractivity contribution >= 4 is 11.5 Å².